The SMILES string of the molecule is O=C(NC(=O)c1ccccc1Cl)Nc1ccccc1SC(F)(F)C(Cl)Cl. The minimum atomic E-state index is -3.47. The highest BCUT2D eigenvalue weighted by Crippen LogP contribution is 2.44. The molecule has 0 spiro atoms. The van der Waals surface area contributed by atoms with Crippen molar-refractivity contribution in [3.8, 4) is 0 Å². The number of thioether (sulfide) groups is 1. The summed E-state index contributed by atoms with van der Waals surface area (Å²) in [7, 11) is 0. The van der Waals surface area contributed by atoms with Crippen molar-refractivity contribution in [2.75, 3.05) is 5.32 Å². The number of anilines is 1. The van der Waals surface area contributed by atoms with Crippen LogP contribution in [0.4, 0.5) is 19.3 Å². The molecule has 10 heteroatoms. The van der Waals surface area contributed by atoms with Crippen LogP contribution in [0.25, 0.3) is 0 Å². The number of imide groups is 1. The lowest BCUT2D eigenvalue weighted by Gasteiger charge is -2.18. The number of hydrogen-bond donors (Lipinski definition) is 2. The molecule has 4 nitrogen and oxygen atoms in total. The van der Waals surface area contributed by atoms with Crippen LogP contribution in [0.5, 0.6) is 0 Å². The zero-order chi connectivity index (χ0) is 19.3. The van der Waals surface area contributed by atoms with Crippen LogP contribution in [0.2, 0.25) is 5.02 Å². The summed E-state index contributed by atoms with van der Waals surface area (Å²) in [6, 6.07) is 11.1. The quantitative estimate of drug-likeness (QED) is 0.458. The Kier molecular flexibility index (Phi) is 7.11. The zero-order valence-electron chi connectivity index (χ0n) is 12.8. The third-order valence-electron chi connectivity index (χ3n) is 2.98. The summed E-state index contributed by atoms with van der Waals surface area (Å²) in [6.45, 7) is 0. The monoisotopic (exact) mass is 438 g/mol. The van der Waals surface area contributed by atoms with Crippen LogP contribution < -0.4 is 10.6 Å². The molecule has 26 heavy (non-hydrogen) atoms. The van der Waals surface area contributed by atoms with Gasteiger partial charge in [-0.25, -0.2) is 4.79 Å². The van der Waals surface area contributed by atoms with E-state index in [2.05, 4.69) is 10.6 Å². The normalized spacial score (nSPS) is 11.3. The first kappa shape index (κ1) is 20.8. The summed E-state index contributed by atoms with van der Waals surface area (Å²) < 4.78 is 27.5. The molecule has 2 rings (SSSR count). The first-order valence-corrected chi connectivity index (χ1v) is 9.08. The second-order valence-corrected chi connectivity index (χ2v) is 7.54. The van der Waals surface area contributed by atoms with Gasteiger partial charge in [0, 0.05) is 4.90 Å². The number of hydrogen-bond acceptors (Lipinski definition) is 3. The predicted molar refractivity (Wildman–Crippen MR) is 101 cm³/mol. The Balaban J connectivity index is 2.10. The Labute approximate surface area is 167 Å². The number of urea groups is 1. The summed E-state index contributed by atoms with van der Waals surface area (Å²) in [5.74, 6) is -0.731. The van der Waals surface area contributed by atoms with Gasteiger partial charge in [0.1, 0.15) is 0 Å². The molecule has 0 fully saturated rings. The minimum absolute atomic E-state index is 0.0316. The van der Waals surface area contributed by atoms with Crippen LogP contribution in [0.1, 0.15) is 10.4 Å². The van der Waals surface area contributed by atoms with E-state index in [4.69, 9.17) is 34.8 Å². The van der Waals surface area contributed by atoms with E-state index < -0.39 is 22.0 Å². The van der Waals surface area contributed by atoms with Crippen LogP contribution in [0.3, 0.4) is 0 Å². The zero-order valence-corrected chi connectivity index (χ0v) is 15.9. The molecule has 2 N–H and O–H groups in total. The molecule has 0 aromatic heterocycles. The molecule has 0 aliphatic rings. The molecule has 0 heterocycles. The molecule has 3 amide bonds. The molecule has 0 aliphatic carbocycles. The number of nitrogens with one attached hydrogen (secondary N) is 2. The molecule has 2 aromatic carbocycles. The number of halogens is 5. The van der Waals surface area contributed by atoms with Gasteiger partial charge in [-0.05, 0) is 36.0 Å². The highest BCUT2D eigenvalue weighted by molar-refractivity contribution is 8.00. The highest BCUT2D eigenvalue weighted by atomic mass is 35.5. The maximum atomic E-state index is 13.7. The summed E-state index contributed by atoms with van der Waals surface area (Å²) in [5, 5.41) is 1.12. The van der Waals surface area contributed by atoms with E-state index in [1.165, 1.54) is 36.4 Å². The highest BCUT2D eigenvalue weighted by Gasteiger charge is 2.39. The second kappa shape index (κ2) is 8.90. The minimum Gasteiger partial charge on any atom is -0.307 e. The standard InChI is InChI=1S/C16H11Cl3F2N2O2S/c17-10-6-2-1-5-9(10)13(24)23-15(25)22-11-7-3-4-8-12(11)26-16(20,21)14(18)19/h1-8,14H,(H2,22,23,24,25). The molecule has 0 saturated heterocycles. The number of rotatable bonds is 5. The van der Waals surface area contributed by atoms with Gasteiger partial charge >= 0.3 is 11.3 Å². The van der Waals surface area contributed by atoms with E-state index in [9.17, 15) is 18.4 Å². The Hall–Kier alpha value is -1.54. The van der Waals surface area contributed by atoms with Gasteiger partial charge in [-0.2, -0.15) is 8.78 Å². The molecule has 0 bridgehead atoms. The summed E-state index contributed by atoms with van der Waals surface area (Å²) >= 11 is 16.5. The van der Waals surface area contributed by atoms with Crippen molar-refractivity contribution in [3.63, 3.8) is 0 Å². The van der Waals surface area contributed by atoms with Crippen molar-refractivity contribution < 1.29 is 18.4 Å². The van der Waals surface area contributed by atoms with E-state index in [1.807, 2.05) is 0 Å². The van der Waals surface area contributed by atoms with Crippen LogP contribution in [-0.4, -0.2) is 22.0 Å². The lowest BCUT2D eigenvalue weighted by atomic mass is 10.2. The van der Waals surface area contributed by atoms with Crippen molar-refractivity contribution in [1.82, 2.24) is 5.32 Å². The van der Waals surface area contributed by atoms with E-state index in [1.54, 1.807) is 12.1 Å². The lowest BCUT2D eigenvalue weighted by Crippen LogP contribution is -2.34. The molecule has 0 aliphatic heterocycles. The number of alkyl halides is 4. The molecule has 2 aromatic rings. The molecular formula is C16H11Cl3F2N2O2S. The van der Waals surface area contributed by atoms with Crippen molar-refractivity contribution in [3.05, 3.63) is 59.1 Å². The Morgan fingerprint density at radius 3 is 2.31 bits per heavy atom. The van der Waals surface area contributed by atoms with Gasteiger partial charge in [0.2, 0.25) is 0 Å². The van der Waals surface area contributed by atoms with Gasteiger partial charge in [0.15, 0.2) is 4.84 Å². The first-order chi connectivity index (χ1) is 12.2. The topological polar surface area (TPSA) is 58.2 Å². The molecule has 0 radical (unpaired) electrons. The van der Waals surface area contributed by atoms with Crippen molar-refractivity contribution in [2.24, 2.45) is 0 Å². The van der Waals surface area contributed by atoms with Gasteiger partial charge in [0.05, 0.1) is 16.3 Å². The average Bonchev–Trinajstić information content (AvgIpc) is 2.56. The number of amides is 3. The van der Waals surface area contributed by atoms with Crippen LogP contribution >= 0.6 is 46.6 Å². The van der Waals surface area contributed by atoms with Crippen molar-refractivity contribution >= 4 is 64.2 Å². The number of carbonyl (C=O) groups excluding carboxylic acids is 2. The smallest absolute Gasteiger partial charge is 0.307 e. The van der Waals surface area contributed by atoms with Crippen molar-refractivity contribution in [2.45, 2.75) is 15.0 Å². The third kappa shape index (κ3) is 5.48. The number of carbonyl (C=O) groups is 2. The summed E-state index contributed by atoms with van der Waals surface area (Å²) in [4.78, 5) is 22.2. The summed E-state index contributed by atoms with van der Waals surface area (Å²) in [5.41, 5.74) is 0.168. The number of para-hydroxylation sites is 1. The van der Waals surface area contributed by atoms with Gasteiger partial charge in [0.25, 0.3) is 5.91 Å². The molecule has 0 saturated carbocycles. The maximum absolute atomic E-state index is 13.7. The van der Waals surface area contributed by atoms with Gasteiger partial charge in [-0.15, -0.1) is 0 Å². The Bertz CT molecular complexity index is 822. The Morgan fingerprint density at radius 1 is 1.04 bits per heavy atom. The fourth-order valence-electron chi connectivity index (χ4n) is 1.82. The average molecular weight is 440 g/mol. The number of benzene rings is 2. The van der Waals surface area contributed by atoms with Crippen LogP contribution in [0.15, 0.2) is 53.4 Å². The van der Waals surface area contributed by atoms with Gasteiger partial charge < -0.3 is 5.32 Å². The Morgan fingerprint density at radius 2 is 1.65 bits per heavy atom. The van der Waals surface area contributed by atoms with Gasteiger partial charge in [-0.3, -0.25) is 10.1 Å². The molecule has 0 unspecified atom stereocenters. The largest absolute Gasteiger partial charge is 0.327 e. The third-order valence-corrected chi connectivity index (χ3v) is 5.20. The first-order valence-electron chi connectivity index (χ1n) is 7.01. The molecule has 138 valence electrons. The van der Waals surface area contributed by atoms with E-state index in [0.29, 0.717) is 0 Å². The fourth-order valence-corrected chi connectivity index (χ4v) is 3.07. The van der Waals surface area contributed by atoms with Crippen molar-refractivity contribution in [1.29, 1.82) is 0 Å². The van der Waals surface area contributed by atoms with E-state index >= 15 is 0 Å². The predicted octanol–water partition coefficient (Wildman–Crippen LogP) is 5.79. The van der Waals surface area contributed by atoms with Crippen LogP contribution in [0, 0.1) is 0 Å². The second-order valence-electron chi connectivity index (χ2n) is 4.85. The van der Waals surface area contributed by atoms with Gasteiger partial charge in [-0.1, -0.05) is 59.1 Å². The summed E-state index contributed by atoms with van der Waals surface area (Å²) in [6.07, 6.45) is 0. The maximum Gasteiger partial charge on any atom is 0.327 e. The molecule has 0 atom stereocenters. The fraction of sp³-hybridized carbons (Fsp3) is 0.125. The van der Waals surface area contributed by atoms with E-state index in [-0.39, 0.29) is 32.9 Å². The lowest BCUT2D eigenvalue weighted by molar-refractivity contribution is 0.0967. The van der Waals surface area contributed by atoms with E-state index in [0.717, 1.165) is 0 Å². The van der Waals surface area contributed by atoms with Crippen LogP contribution in [-0.2, 0) is 0 Å². The molecular weight excluding hydrogens is 429 g/mol.